The van der Waals surface area contributed by atoms with Crippen LogP contribution in [0.1, 0.15) is 69.1 Å². The first kappa shape index (κ1) is 26.1. The van der Waals surface area contributed by atoms with Gasteiger partial charge in [-0.3, -0.25) is 4.79 Å². The number of nitrogens with zero attached hydrogens (tertiary/aromatic N) is 2. The first-order valence-corrected chi connectivity index (χ1v) is 13.4. The second kappa shape index (κ2) is 11.4. The Labute approximate surface area is 216 Å². The minimum Gasteiger partial charge on any atom is -0.497 e. The highest BCUT2D eigenvalue weighted by Gasteiger charge is 2.42. The number of aryl methyl sites for hydroxylation is 1. The Balaban J connectivity index is 1.34. The van der Waals surface area contributed by atoms with Crippen molar-refractivity contribution in [1.29, 1.82) is 0 Å². The summed E-state index contributed by atoms with van der Waals surface area (Å²) in [7, 11) is 1.64. The Hall–Kier alpha value is -3.02. The number of methoxy groups -OCH3 is 1. The summed E-state index contributed by atoms with van der Waals surface area (Å²) in [6, 6.07) is 14.1. The molecule has 0 radical (unpaired) electrons. The maximum atomic E-state index is 13.3. The molecule has 2 aliphatic rings. The van der Waals surface area contributed by atoms with Crippen molar-refractivity contribution in [2.24, 2.45) is 5.41 Å². The Morgan fingerprint density at radius 2 is 1.72 bits per heavy atom. The molecule has 2 aromatic rings. The van der Waals surface area contributed by atoms with Gasteiger partial charge >= 0.3 is 6.03 Å². The fourth-order valence-corrected chi connectivity index (χ4v) is 5.73. The molecule has 6 heteroatoms. The summed E-state index contributed by atoms with van der Waals surface area (Å²) in [5.41, 5.74) is 4.51. The molecule has 3 amide bonds. The van der Waals surface area contributed by atoms with Crippen molar-refractivity contribution in [2.75, 3.05) is 38.6 Å². The molecule has 4 rings (SSSR count). The van der Waals surface area contributed by atoms with Crippen molar-refractivity contribution < 1.29 is 14.3 Å². The zero-order valence-electron chi connectivity index (χ0n) is 22.3. The van der Waals surface area contributed by atoms with Gasteiger partial charge in [0, 0.05) is 31.9 Å². The molecule has 2 heterocycles. The van der Waals surface area contributed by atoms with Gasteiger partial charge in [-0.15, -0.1) is 0 Å². The lowest BCUT2D eigenvalue weighted by molar-refractivity contribution is -0.132. The van der Waals surface area contributed by atoms with Gasteiger partial charge in [0.25, 0.3) is 0 Å². The first-order valence-electron chi connectivity index (χ1n) is 13.4. The molecule has 0 aromatic heterocycles. The normalized spacial score (nSPS) is 17.0. The molecule has 2 aromatic carbocycles. The number of para-hydroxylation sites is 1. The lowest BCUT2D eigenvalue weighted by Gasteiger charge is -2.39. The summed E-state index contributed by atoms with van der Waals surface area (Å²) in [6.45, 7) is 9.58. The van der Waals surface area contributed by atoms with Gasteiger partial charge in [-0.1, -0.05) is 57.5 Å². The number of amides is 3. The number of piperidine rings is 1. The SMILES string of the molecule is CCCc1cccc(C(C)C)c1NC(=O)N1CCC2(CCN(C(=O)Cc3cccc(OC)c3)CC2)C1. The van der Waals surface area contributed by atoms with E-state index in [1.807, 2.05) is 34.1 Å². The first-order chi connectivity index (χ1) is 17.3. The fourth-order valence-electron chi connectivity index (χ4n) is 5.73. The highest BCUT2D eigenvalue weighted by Crippen LogP contribution is 2.41. The minimum absolute atomic E-state index is 0.00820. The van der Waals surface area contributed by atoms with E-state index in [0.29, 0.717) is 12.3 Å². The molecule has 2 fully saturated rings. The third kappa shape index (κ3) is 5.85. The molecule has 0 unspecified atom stereocenters. The molecule has 0 atom stereocenters. The average molecular weight is 492 g/mol. The molecule has 194 valence electrons. The van der Waals surface area contributed by atoms with E-state index >= 15 is 0 Å². The number of carbonyl (C=O) groups is 2. The van der Waals surface area contributed by atoms with E-state index in [1.165, 1.54) is 11.1 Å². The monoisotopic (exact) mass is 491 g/mol. The van der Waals surface area contributed by atoms with E-state index in [-0.39, 0.29) is 17.4 Å². The van der Waals surface area contributed by atoms with E-state index in [4.69, 9.17) is 4.74 Å². The molecule has 6 nitrogen and oxygen atoms in total. The van der Waals surface area contributed by atoms with Crippen LogP contribution in [0.5, 0.6) is 5.75 Å². The zero-order valence-corrected chi connectivity index (χ0v) is 22.3. The van der Waals surface area contributed by atoms with Crippen LogP contribution in [0.3, 0.4) is 0 Å². The standard InChI is InChI=1S/C30H41N3O3/c1-5-8-24-10-7-12-26(22(2)3)28(24)31-29(35)33-18-15-30(21-33)13-16-32(17-14-30)27(34)20-23-9-6-11-25(19-23)36-4/h6-7,9-12,19,22H,5,8,13-18,20-21H2,1-4H3,(H,31,35). The van der Waals surface area contributed by atoms with Crippen LogP contribution in [-0.4, -0.2) is 55.0 Å². The van der Waals surface area contributed by atoms with E-state index in [9.17, 15) is 9.59 Å². The van der Waals surface area contributed by atoms with Gasteiger partial charge in [0.15, 0.2) is 0 Å². The van der Waals surface area contributed by atoms with Crippen LogP contribution in [0, 0.1) is 5.41 Å². The third-order valence-corrected chi connectivity index (χ3v) is 7.95. The largest absolute Gasteiger partial charge is 0.497 e. The lowest BCUT2D eigenvalue weighted by atomic mass is 9.77. The van der Waals surface area contributed by atoms with Crippen LogP contribution in [0.4, 0.5) is 10.5 Å². The van der Waals surface area contributed by atoms with Gasteiger partial charge in [-0.2, -0.15) is 0 Å². The Morgan fingerprint density at radius 3 is 2.39 bits per heavy atom. The van der Waals surface area contributed by atoms with Crippen molar-refractivity contribution in [2.45, 2.75) is 65.2 Å². The predicted molar refractivity (Wildman–Crippen MR) is 145 cm³/mol. The van der Waals surface area contributed by atoms with Gasteiger partial charge in [0.2, 0.25) is 5.91 Å². The highest BCUT2D eigenvalue weighted by molar-refractivity contribution is 5.91. The van der Waals surface area contributed by atoms with Crippen molar-refractivity contribution in [3.05, 3.63) is 59.2 Å². The molecule has 36 heavy (non-hydrogen) atoms. The van der Waals surface area contributed by atoms with Crippen molar-refractivity contribution in [3.8, 4) is 5.75 Å². The van der Waals surface area contributed by atoms with Crippen LogP contribution in [0.2, 0.25) is 0 Å². The molecule has 0 bridgehead atoms. The molecular formula is C30H41N3O3. The van der Waals surface area contributed by atoms with Gasteiger partial charge < -0.3 is 19.9 Å². The minimum atomic E-state index is 0.00820. The summed E-state index contributed by atoms with van der Waals surface area (Å²) < 4.78 is 5.29. The number of carbonyl (C=O) groups excluding carboxylic acids is 2. The number of hydrogen-bond acceptors (Lipinski definition) is 3. The summed E-state index contributed by atoms with van der Waals surface area (Å²) in [5.74, 6) is 1.29. The van der Waals surface area contributed by atoms with Gasteiger partial charge in [-0.25, -0.2) is 4.79 Å². The van der Waals surface area contributed by atoms with Crippen LogP contribution in [0.15, 0.2) is 42.5 Å². The number of ether oxygens (including phenoxy) is 1. The molecule has 1 spiro atoms. The van der Waals surface area contributed by atoms with Crippen molar-refractivity contribution >= 4 is 17.6 Å². The topological polar surface area (TPSA) is 61.9 Å². The quantitative estimate of drug-likeness (QED) is 0.528. The van der Waals surface area contributed by atoms with E-state index in [0.717, 1.165) is 75.3 Å². The van der Waals surface area contributed by atoms with Crippen LogP contribution >= 0.6 is 0 Å². The number of urea groups is 1. The molecule has 0 aliphatic carbocycles. The number of likely N-dealkylation sites (tertiary alicyclic amines) is 2. The number of anilines is 1. The molecular weight excluding hydrogens is 450 g/mol. The summed E-state index contributed by atoms with van der Waals surface area (Å²) in [6.07, 6.45) is 5.30. The van der Waals surface area contributed by atoms with Crippen LogP contribution < -0.4 is 10.1 Å². The molecule has 1 N–H and O–H groups in total. The Kier molecular flexibility index (Phi) is 8.22. The average Bonchev–Trinajstić information content (AvgIpc) is 3.29. The zero-order chi connectivity index (χ0) is 25.7. The van der Waals surface area contributed by atoms with E-state index < -0.39 is 0 Å². The van der Waals surface area contributed by atoms with Gasteiger partial charge in [0.1, 0.15) is 5.75 Å². The number of benzene rings is 2. The lowest BCUT2D eigenvalue weighted by Crippen LogP contribution is -2.45. The molecule has 0 saturated carbocycles. The summed E-state index contributed by atoms with van der Waals surface area (Å²) >= 11 is 0. The summed E-state index contributed by atoms with van der Waals surface area (Å²) in [4.78, 5) is 30.2. The Morgan fingerprint density at radius 1 is 1.03 bits per heavy atom. The number of rotatable bonds is 7. The highest BCUT2D eigenvalue weighted by atomic mass is 16.5. The summed E-state index contributed by atoms with van der Waals surface area (Å²) in [5, 5.41) is 3.29. The molecule has 2 saturated heterocycles. The predicted octanol–water partition coefficient (Wildman–Crippen LogP) is 5.86. The van der Waals surface area contributed by atoms with E-state index in [1.54, 1.807) is 7.11 Å². The number of nitrogens with one attached hydrogen (secondary N) is 1. The van der Waals surface area contributed by atoms with E-state index in [2.05, 4.69) is 44.3 Å². The maximum absolute atomic E-state index is 13.3. The Bertz CT molecular complexity index is 1070. The second-order valence-corrected chi connectivity index (χ2v) is 10.8. The fraction of sp³-hybridized carbons (Fsp3) is 0.533. The van der Waals surface area contributed by atoms with Crippen molar-refractivity contribution in [3.63, 3.8) is 0 Å². The van der Waals surface area contributed by atoms with Crippen LogP contribution in [0.25, 0.3) is 0 Å². The van der Waals surface area contributed by atoms with Gasteiger partial charge in [0.05, 0.1) is 13.5 Å². The van der Waals surface area contributed by atoms with Gasteiger partial charge in [-0.05, 0) is 65.8 Å². The number of hydrogen-bond donors (Lipinski definition) is 1. The molecule has 2 aliphatic heterocycles. The smallest absolute Gasteiger partial charge is 0.321 e. The van der Waals surface area contributed by atoms with Crippen molar-refractivity contribution in [1.82, 2.24) is 9.80 Å². The van der Waals surface area contributed by atoms with Crippen LogP contribution in [-0.2, 0) is 17.6 Å². The maximum Gasteiger partial charge on any atom is 0.321 e. The second-order valence-electron chi connectivity index (χ2n) is 10.8. The third-order valence-electron chi connectivity index (χ3n) is 7.95.